The Kier molecular flexibility index (Phi) is 4.23. The number of rotatable bonds is 4. The van der Waals surface area contributed by atoms with Gasteiger partial charge < -0.3 is 5.11 Å². The van der Waals surface area contributed by atoms with E-state index in [0.29, 0.717) is 30.0 Å². The molecule has 1 N–H and O–H groups in total. The average molecular weight is 297 g/mol. The van der Waals surface area contributed by atoms with Gasteiger partial charge in [0.05, 0.1) is 11.5 Å². The van der Waals surface area contributed by atoms with Crippen LogP contribution in [0.5, 0.6) is 0 Å². The molecule has 4 nitrogen and oxygen atoms in total. The van der Waals surface area contributed by atoms with Crippen LogP contribution < -0.4 is 0 Å². The third-order valence-corrected chi connectivity index (χ3v) is 5.88. The Balaban J connectivity index is 2.44. The molecular weight excluding hydrogens is 274 g/mol. The molecule has 1 saturated heterocycles. The van der Waals surface area contributed by atoms with Gasteiger partial charge in [0, 0.05) is 13.1 Å². The summed E-state index contributed by atoms with van der Waals surface area (Å²) in [5.41, 5.74) is 1.49. The van der Waals surface area contributed by atoms with Crippen LogP contribution in [0.1, 0.15) is 38.3 Å². The highest BCUT2D eigenvalue weighted by molar-refractivity contribution is 7.89. The van der Waals surface area contributed by atoms with Crippen LogP contribution >= 0.6 is 0 Å². The molecule has 1 aromatic carbocycles. The summed E-state index contributed by atoms with van der Waals surface area (Å²) in [7, 11) is -3.46. The topological polar surface area (TPSA) is 57.6 Å². The summed E-state index contributed by atoms with van der Waals surface area (Å²) in [6.07, 6.45) is 1.55. The van der Waals surface area contributed by atoms with Gasteiger partial charge in [-0.3, -0.25) is 0 Å². The quantitative estimate of drug-likeness (QED) is 0.926. The van der Waals surface area contributed by atoms with Crippen molar-refractivity contribution >= 4 is 10.0 Å². The summed E-state index contributed by atoms with van der Waals surface area (Å²) in [5, 5.41) is 9.23. The minimum absolute atomic E-state index is 0.0358. The summed E-state index contributed by atoms with van der Waals surface area (Å²) in [4.78, 5) is 0.351. The normalized spacial score (nSPS) is 19.4. The van der Waals surface area contributed by atoms with E-state index >= 15 is 0 Å². The Morgan fingerprint density at radius 3 is 2.55 bits per heavy atom. The summed E-state index contributed by atoms with van der Waals surface area (Å²) < 4.78 is 27.2. The summed E-state index contributed by atoms with van der Waals surface area (Å²) >= 11 is 0. The molecule has 0 spiro atoms. The van der Waals surface area contributed by atoms with E-state index < -0.39 is 10.0 Å². The van der Waals surface area contributed by atoms with E-state index in [9.17, 15) is 13.5 Å². The van der Waals surface area contributed by atoms with Crippen molar-refractivity contribution < 1.29 is 13.5 Å². The largest absolute Gasteiger partial charge is 0.392 e. The lowest BCUT2D eigenvalue weighted by molar-refractivity contribution is 0.281. The molecule has 0 aliphatic carbocycles. The summed E-state index contributed by atoms with van der Waals surface area (Å²) in [6, 6.07) is 5.20. The molecule has 2 rings (SSSR count). The summed E-state index contributed by atoms with van der Waals surface area (Å²) in [6.45, 7) is 7.11. The van der Waals surface area contributed by atoms with Crippen molar-refractivity contribution in [3.05, 3.63) is 29.3 Å². The van der Waals surface area contributed by atoms with E-state index in [-0.39, 0.29) is 12.0 Å². The van der Waals surface area contributed by atoms with E-state index in [4.69, 9.17) is 0 Å². The molecule has 112 valence electrons. The maximum atomic E-state index is 12.8. The van der Waals surface area contributed by atoms with Gasteiger partial charge >= 0.3 is 0 Å². The molecule has 5 heteroatoms. The Labute approximate surface area is 121 Å². The molecule has 1 aliphatic heterocycles. The van der Waals surface area contributed by atoms with Crippen molar-refractivity contribution in [3.63, 3.8) is 0 Å². The first-order valence-corrected chi connectivity index (χ1v) is 8.47. The standard InChI is InChI=1S/C15H23NO3S/c1-4-13-6-5-12(10-17)9-14(13)20(18,19)16-8-7-15(2,3)11-16/h5-6,9,17H,4,7-8,10-11H2,1-3H3. The van der Waals surface area contributed by atoms with Crippen LogP contribution in [0.2, 0.25) is 0 Å². The van der Waals surface area contributed by atoms with Gasteiger partial charge in [-0.1, -0.05) is 32.9 Å². The monoisotopic (exact) mass is 297 g/mol. The van der Waals surface area contributed by atoms with Crippen molar-refractivity contribution in [2.75, 3.05) is 13.1 Å². The molecule has 0 saturated carbocycles. The van der Waals surface area contributed by atoms with Gasteiger partial charge in [0.15, 0.2) is 0 Å². The van der Waals surface area contributed by atoms with Gasteiger partial charge in [-0.2, -0.15) is 4.31 Å². The molecule has 20 heavy (non-hydrogen) atoms. The zero-order valence-electron chi connectivity index (χ0n) is 12.4. The number of benzene rings is 1. The van der Waals surface area contributed by atoms with Crippen LogP contribution in [-0.4, -0.2) is 30.9 Å². The van der Waals surface area contributed by atoms with E-state index in [2.05, 4.69) is 13.8 Å². The van der Waals surface area contributed by atoms with Gasteiger partial charge in [-0.15, -0.1) is 0 Å². The second-order valence-corrected chi connectivity index (χ2v) is 8.11. The number of aliphatic hydroxyl groups excluding tert-OH is 1. The Hall–Kier alpha value is -0.910. The molecule has 0 radical (unpaired) electrons. The Morgan fingerprint density at radius 2 is 2.05 bits per heavy atom. The van der Waals surface area contributed by atoms with Gasteiger partial charge in [0.25, 0.3) is 0 Å². The lowest BCUT2D eigenvalue weighted by Gasteiger charge is -2.21. The first-order valence-electron chi connectivity index (χ1n) is 7.03. The number of hydrogen-bond acceptors (Lipinski definition) is 3. The highest BCUT2D eigenvalue weighted by Crippen LogP contribution is 2.33. The van der Waals surface area contributed by atoms with E-state index in [0.717, 1.165) is 12.0 Å². The molecule has 1 aliphatic rings. The minimum Gasteiger partial charge on any atom is -0.392 e. The fourth-order valence-electron chi connectivity index (χ4n) is 2.64. The average Bonchev–Trinajstić information content (AvgIpc) is 2.79. The van der Waals surface area contributed by atoms with Crippen LogP contribution in [0, 0.1) is 5.41 Å². The van der Waals surface area contributed by atoms with Crippen molar-refractivity contribution in [2.45, 2.75) is 45.1 Å². The fourth-order valence-corrected chi connectivity index (χ4v) is 4.61. The van der Waals surface area contributed by atoms with Gasteiger partial charge in [0.1, 0.15) is 0 Å². The molecule has 0 unspecified atom stereocenters. The highest BCUT2D eigenvalue weighted by Gasteiger charge is 2.37. The van der Waals surface area contributed by atoms with Crippen LogP contribution in [-0.2, 0) is 23.1 Å². The Bertz CT molecular complexity index is 593. The van der Waals surface area contributed by atoms with Gasteiger partial charge in [-0.05, 0) is 35.4 Å². The van der Waals surface area contributed by atoms with E-state index in [1.54, 1.807) is 22.5 Å². The number of hydrogen-bond donors (Lipinski definition) is 1. The van der Waals surface area contributed by atoms with Crippen molar-refractivity contribution in [1.29, 1.82) is 0 Å². The van der Waals surface area contributed by atoms with Crippen molar-refractivity contribution in [1.82, 2.24) is 4.31 Å². The first-order chi connectivity index (χ1) is 9.30. The second kappa shape index (κ2) is 5.47. The van der Waals surface area contributed by atoms with Gasteiger partial charge in [-0.25, -0.2) is 8.42 Å². The van der Waals surface area contributed by atoms with Crippen LogP contribution in [0.25, 0.3) is 0 Å². The molecule has 0 aromatic heterocycles. The molecule has 1 heterocycles. The van der Waals surface area contributed by atoms with E-state index in [1.807, 2.05) is 6.92 Å². The molecule has 0 amide bonds. The molecule has 0 bridgehead atoms. The predicted octanol–water partition coefficient (Wildman–Crippen LogP) is 2.16. The second-order valence-electron chi connectivity index (χ2n) is 6.21. The van der Waals surface area contributed by atoms with Crippen molar-refractivity contribution in [2.24, 2.45) is 5.41 Å². The summed E-state index contributed by atoms with van der Waals surface area (Å²) in [5.74, 6) is 0. The van der Waals surface area contributed by atoms with Crippen LogP contribution in [0.15, 0.2) is 23.1 Å². The number of sulfonamides is 1. The third-order valence-electron chi connectivity index (χ3n) is 3.96. The third kappa shape index (κ3) is 2.90. The number of aliphatic hydroxyl groups is 1. The van der Waals surface area contributed by atoms with E-state index in [1.165, 1.54) is 0 Å². The maximum absolute atomic E-state index is 12.8. The highest BCUT2D eigenvalue weighted by atomic mass is 32.2. The number of nitrogens with zero attached hydrogens (tertiary/aromatic N) is 1. The zero-order chi connectivity index (χ0) is 15.0. The zero-order valence-corrected chi connectivity index (χ0v) is 13.2. The lowest BCUT2D eigenvalue weighted by Crippen LogP contribution is -2.31. The SMILES string of the molecule is CCc1ccc(CO)cc1S(=O)(=O)N1CCC(C)(C)C1. The van der Waals surface area contributed by atoms with Crippen LogP contribution in [0.3, 0.4) is 0 Å². The fraction of sp³-hybridized carbons (Fsp3) is 0.600. The number of aryl methyl sites for hydroxylation is 1. The molecular formula is C15H23NO3S. The smallest absolute Gasteiger partial charge is 0.243 e. The molecule has 0 atom stereocenters. The molecule has 1 fully saturated rings. The molecule has 1 aromatic rings. The Morgan fingerprint density at radius 1 is 1.35 bits per heavy atom. The maximum Gasteiger partial charge on any atom is 0.243 e. The minimum atomic E-state index is -3.46. The lowest BCUT2D eigenvalue weighted by atomic mass is 9.93. The van der Waals surface area contributed by atoms with Gasteiger partial charge in [0.2, 0.25) is 10.0 Å². The predicted molar refractivity (Wildman–Crippen MR) is 78.9 cm³/mol. The van der Waals surface area contributed by atoms with Crippen LogP contribution in [0.4, 0.5) is 0 Å². The van der Waals surface area contributed by atoms with Crippen molar-refractivity contribution in [3.8, 4) is 0 Å². The first kappa shape index (κ1) is 15.5.